The summed E-state index contributed by atoms with van der Waals surface area (Å²) in [7, 11) is 1.84. The summed E-state index contributed by atoms with van der Waals surface area (Å²) in [5, 5.41) is 9.17. The Labute approximate surface area is 191 Å². The first-order valence-corrected chi connectivity index (χ1v) is 10.6. The van der Waals surface area contributed by atoms with E-state index in [1.165, 1.54) is 0 Å². The van der Waals surface area contributed by atoms with Crippen LogP contribution in [0.1, 0.15) is 25.5 Å². The molecule has 1 saturated heterocycles. The van der Waals surface area contributed by atoms with Gasteiger partial charge in [-0.25, -0.2) is 9.78 Å². The minimum atomic E-state index is -0.622. The molecule has 1 fully saturated rings. The van der Waals surface area contributed by atoms with Crippen molar-refractivity contribution in [3.05, 3.63) is 48.5 Å². The van der Waals surface area contributed by atoms with E-state index in [9.17, 15) is 9.59 Å². The standard InChI is InChI=1S/C23H26N6O4/c1-15-19(33-17-6-9-24-18(12-17)16-13-25-29(3)14-16)4-5-20(26-15)27-22(31)28-21(30)23(2)7-10-32-11-8-23/h4-6,9,12-14H,7-8,10-11H2,1-3H3,(H2,26,27,28,30,31). The molecule has 1 aliphatic rings. The fourth-order valence-corrected chi connectivity index (χ4v) is 3.49. The Balaban J connectivity index is 1.39. The van der Waals surface area contributed by atoms with Crippen LogP contribution in [-0.2, 0) is 16.6 Å². The van der Waals surface area contributed by atoms with Gasteiger partial charge in [-0.1, -0.05) is 6.92 Å². The number of anilines is 1. The molecule has 0 atom stereocenters. The Bertz CT molecular complexity index is 1170. The molecule has 4 rings (SSSR count). The third-order valence-electron chi connectivity index (χ3n) is 5.61. The molecule has 10 nitrogen and oxygen atoms in total. The van der Waals surface area contributed by atoms with Crippen LogP contribution in [0.5, 0.6) is 11.5 Å². The van der Waals surface area contributed by atoms with Crippen molar-refractivity contribution in [2.24, 2.45) is 12.5 Å². The average Bonchev–Trinajstić information content (AvgIpc) is 3.23. The zero-order valence-electron chi connectivity index (χ0n) is 18.8. The van der Waals surface area contributed by atoms with Crippen LogP contribution in [0.4, 0.5) is 10.6 Å². The monoisotopic (exact) mass is 450 g/mol. The highest BCUT2D eigenvalue weighted by molar-refractivity contribution is 6.02. The number of pyridine rings is 2. The van der Waals surface area contributed by atoms with Crippen LogP contribution in [0.15, 0.2) is 42.9 Å². The maximum absolute atomic E-state index is 12.5. The van der Waals surface area contributed by atoms with Gasteiger partial charge in [0.1, 0.15) is 17.3 Å². The lowest BCUT2D eigenvalue weighted by Crippen LogP contribution is -2.46. The highest BCUT2D eigenvalue weighted by atomic mass is 16.5. The van der Waals surface area contributed by atoms with E-state index in [0.29, 0.717) is 49.1 Å². The van der Waals surface area contributed by atoms with Crippen LogP contribution < -0.4 is 15.4 Å². The Morgan fingerprint density at radius 3 is 2.70 bits per heavy atom. The highest BCUT2D eigenvalue weighted by Gasteiger charge is 2.36. The smallest absolute Gasteiger partial charge is 0.327 e. The molecule has 3 aromatic rings. The minimum absolute atomic E-state index is 0.313. The summed E-state index contributed by atoms with van der Waals surface area (Å²) < 4.78 is 13.0. The van der Waals surface area contributed by atoms with Gasteiger partial charge in [0.15, 0.2) is 0 Å². The van der Waals surface area contributed by atoms with E-state index in [-0.39, 0.29) is 5.91 Å². The van der Waals surface area contributed by atoms with E-state index in [1.807, 2.05) is 26.2 Å². The number of urea groups is 1. The fraction of sp³-hybridized carbons (Fsp3) is 0.348. The lowest BCUT2D eigenvalue weighted by molar-refractivity contribution is -0.133. The summed E-state index contributed by atoms with van der Waals surface area (Å²) in [5.74, 6) is 1.13. The van der Waals surface area contributed by atoms with Gasteiger partial charge in [0.25, 0.3) is 0 Å². The van der Waals surface area contributed by atoms with Crippen LogP contribution in [0.3, 0.4) is 0 Å². The lowest BCUT2D eigenvalue weighted by Gasteiger charge is -2.31. The number of rotatable bonds is 5. The zero-order valence-corrected chi connectivity index (χ0v) is 18.8. The van der Waals surface area contributed by atoms with Gasteiger partial charge in [-0.2, -0.15) is 5.10 Å². The number of hydrogen-bond donors (Lipinski definition) is 2. The Morgan fingerprint density at radius 1 is 1.21 bits per heavy atom. The van der Waals surface area contributed by atoms with Gasteiger partial charge < -0.3 is 9.47 Å². The van der Waals surface area contributed by atoms with E-state index in [0.717, 1.165) is 11.3 Å². The molecular weight excluding hydrogens is 424 g/mol. The van der Waals surface area contributed by atoms with E-state index < -0.39 is 11.4 Å². The molecule has 3 aromatic heterocycles. The fourth-order valence-electron chi connectivity index (χ4n) is 3.49. The maximum Gasteiger partial charge on any atom is 0.327 e. The number of hydrogen-bond acceptors (Lipinski definition) is 7. The molecule has 1 aliphatic heterocycles. The van der Waals surface area contributed by atoms with Gasteiger partial charge in [0.2, 0.25) is 5.91 Å². The summed E-state index contributed by atoms with van der Waals surface area (Å²) in [4.78, 5) is 33.5. The minimum Gasteiger partial charge on any atom is -0.455 e. The molecule has 172 valence electrons. The second-order valence-electron chi connectivity index (χ2n) is 8.24. The van der Waals surface area contributed by atoms with Crippen molar-refractivity contribution in [3.8, 4) is 22.8 Å². The first kappa shape index (κ1) is 22.4. The van der Waals surface area contributed by atoms with E-state index in [1.54, 1.807) is 42.2 Å². The number of aromatic nitrogens is 4. The summed E-state index contributed by atoms with van der Waals surface area (Å²) in [6, 6.07) is 6.28. The van der Waals surface area contributed by atoms with Crippen molar-refractivity contribution in [3.63, 3.8) is 0 Å². The van der Waals surface area contributed by atoms with Gasteiger partial charge in [0.05, 0.1) is 23.0 Å². The molecule has 33 heavy (non-hydrogen) atoms. The third-order valence-corrected chi connectivity index (χ3v) is 5.61. The molecular formula is C23H26N6O4. The van der Waals surface area contributed by atoms with Crippen molar-refractivity contribution in [1.82, 2.24) is 25.1 Å². The number of amides is 3. The van der Waals surface area contributed by atoms with Crippen molar-refractivity contribution in [2.75, 3.05) is 18.5 Å². The van der Waals surface area contributed by atoms with E-state index in [4.69, 9.17) is 9.47 Å². The lowest BCUT2D eigenvalue weighted by atomic mass is 9.81. The quantitative estimate of drug-likeness (QED) is 0.611. The van der Waals surface area contributed by atoms with Gasteiger partial charge >= 0.3 is 6.03 Å². The van der Waals surface area contributed by atoms with Gasteiger partial charge in [-0.15, -0.1) is 0 Å². The number of nitrogens with one attached hydrogen (secondary N) is 2. The topological polar surface area (TPSA) is 120 Å². The molecule has 4 heterocycles. The number of nitrogens with zero attached hydrogens (tertiary/aromatic N) is 4. The number of imide groups is 1. The molecule has 0 radical (unpaired) electrons. The predicted molar refractivity (Wildman–Crippen MR) is 121 cm³/mol. The number of aryl methyl sites for hydroxylation is 2. The Kier molecular flexibility index (Phi) is 6.36. The number of ether oxygens (including phenoxy) is 2. The van der Waals surface area contributed by atoms with Crippen LogP contribution in [0, 0.1) is 12.3 Å². The molecule has 0 spiro atoms. The molecule has 3 amide bonds. The molecule has 10 heteroatoms. The van der Waals surface area contributed by atoms with Gasteiger partial charge in [0, 0.05) is 44.3 Å². The molecule has 0 aromatic carbocycles. The van der Waals surface area contributed by atoms with Crippen LogP contribution in [-0.4, -0.2) is 44.9 Å². The molecule has 0 bridgehead atoms. The van der Waals surface area contributed by atoms with Crippen molar-refractivity contribution in [1.29, 1.82) is 0 Å². The summed E-state index contributed by atoms with van der Waals surface area (Å²) in [5.41, 5.74) is 1.59. The number of carbonyl (C=O) groups is 2. The molecule has 2 N–H and O–H groups in total. The summed E-state index contributed by atoms with van der Waals surface area (Å²) in [6.07, 6.45) is 6.42. The Morgan fingerprint density at radius 2 is 2.00 bits per heavy atom. The molecule has 0 aliphatic carbocycles. The van der Waals surface area contributed by atoms with Crippen LogP contribution in [0.2, 0.25) is 0 Å². The predicted octanol–water partition coefficient (Wildman–Crippen LogP) is 3.44. The first-order chi connectivity index (χ1) is 15.8. The average molecular weight is 450 g/mol. The van der Waals surface area contributed by atoms with Crippen molar-refractivity contribution >= 4 is 17.8 Å². The van der Waals surface area contributed by atoms with Gasteiger partial charge in [-0.3, -0.25) is 25.1 Å². The van der Waals surface area contributed by atoms with E-state index >= 15 is 0 Å². The Hall–Kier alpha value is -3.79. The second-order valence-corrected chi connectivity index (χ2v) is 8.24. The highest BCUT2D eigenvalue weighted by Crippen LogP contribution is 2.30. The SMILES string of the molecule is Cc1nc(NC(=O)NC(=O)C2(C)CCOCC2)ccc1Oc1ccnc(-c2cnn(C)c2)c1. The maximum atomic E-state index is 12.5. The molecule has 0 unspecified atom stereocenters. The summed E-state index contributed by atoms with van der Waals surface area (Å²) >= 11 is 0. The van der Waals surface area contributed by atoms with E-state index in [2.05, 4.69) is 25.7 Å². The number of carbonyl (C=O) groups excluding carboxylic acids is 2. The van der Waals surface area contributed by atoms with Gasteiger partial charge in [-0.05, 0) is 38.0 Å². The van der Waals surface area contributed by atoms with Crippen LogP contribution >= 0.6 is 0 Å². The van der Waals surface area contributed by atoms with Crippen molar-refractivity contribution < 1.29 is 19.1 Å². The third kappa shape index (κ3) is 5.35. The largest absolute Gasteiger partial charge is 0.455 e. The van der Waals surface area contributed by atoms with Crippen molar-refractivity contribution in [2.45, 2.75) is 26.7 Å². The second kappa shape index (κ2) is 9.37. The summed E-state index contributed by atoms with van der Waals surface area (Å²) in [6.45, 7) is 4.63. The zero-order chi connectivity index (χ0) is 23.4. The first-order valence-electron chi connectivity index (χ1n) is 10.6. The normalized spacial score (nSPS) is 15.0. The van der Waals surface area contributed by atoms with Crippen LogP contribution in [0.25, 0.3) is 11.3 Å². The molecule has 0 saturated carbocycles.